The molecule has 0 bridgehead atoms. The highest BCUT2D eigenvalue weighted by molar-refractivity contribution is 7.80. The average molecular weight is 234 g/mol. The first kappa shape index (κ1) is 10.5. The lowest BCUT2D eigenvalue weighted by Crippen LogP contribution is -2.18. The molecular formula is C9H10N6S. The van der Waals surface area contributed by atoms with E-state index in [2.05, 4.69) is 20.7 Å². The Morgan fingerprint density at radius 2 is 2.06 bits per heavy atom. The number of aromatic nitrogens is 4. The van der Waals surface area contributed by atoms with Crippen LogP contribution >= 0.6 is 12.2 Å². The van der Waals surface area contributed by atoms with E-state index in [9.17, 15) is 0 Å². The van der Waals surface area contributed by atoms with Crippen molar-refractivity contribution in [2.75, 3.05) is 5.32 Å². The standard InChI is InChI=1S/C9H10N6S/c1-15-13-8(12-14-15)6-2-4-7(5-3-6)11-9(10)16/h2-5H,1H3,(H3,10,11,16). The molecule has 0 radical (unpaired) electrons. The molecule has 7 heteroatoms. The highest BCUT2D eigenvalue weighted by Gasteiger charge is 2.03. The Labute approximate surface area is 97.5 Å². The van der Waals surface area contributed by atoms with Gasteiger partial charge in [-0.2, -0.15) is 4.80 Å². The molecule has 1 aromatic carbocycles. The third kappa shape index (κ3) is 2.31. The highest BCUT2D eigenvalue weighted by atomic mass is 32.1. The number of hydrogen-bond donors (Lipinski definition) is 2. The predicted molar refractivity (Wildman–Crippen MR) is 64.6 cm³/mol. The molecule has 1 heterocycles. The van der Waals surface area contributed by atoms with Crippen LogP contribution in [-0.2, 0) is 7.05 Å². The minimum atomic E-state index is 0.241. The van der Waals surface area contributed by atoms with E-state index in [1.807, 2.05) is 24.3 Å². The summed E-state index contributed by atoms with van der Waals surface area (Å²) in [6.45, 7) is 0. The van der Waals surface area contributed by atoms with Gasteiger partial charge in [0.2, 0.25) is 5.82 Å². The molecular weight excluding hydrogens is 224 g/mol. The number of anilines is 1. The van der Waals surface area contributed by atoms with Crippen LogP contribution in [-0.4, -0.2) is 25.3 Å². The van der Waals surface area contributed by atoms with Crippen molar-refractivity contribution >= 4 is 23.0 Å². The summed E-state index contributed by atoms with van der Waals surface area (Å²) in [5.74, 6) is 0.587. The van der Waals surface area contributed by atoms with E-state index in [-0.39, 0.29) is 5.11 Å². The maximum absolute atomic E-state index is 5.36. The predicted octanol–water partition coefficient (Wildman–Crippen LogP) is 0.533. The third-order valence-electron chi connectivity index (χ3n) is 1.92. The van der Waals surface area contributed by atoms with Crippen molar-refractivity contribution in [3.05, 3.63) is 24.3 Å². The van der Waals surface area contributed by atoms with Gasteiger partial charge in [-0.15, -0.1) is 10.2 Å². The van der Waals surface area contributed by atoms with Crippen molar-refractivity contribution in [1.82, 2.24) is 20.2 Å². The van der Waals surface area contributed by atoms with Crippen molar-refractivity contribution in [2.45, 2.75) is 0 Å². The number of hydrogen-bond acceptors (Lipinski definition) is 4. The summed E-state index contributed by atoms with van der Waals surface area (Å²) in [6.07, 6.45) is 0. The molecule has 6 nitrogen and oxygen atoms in total. The molecule has 2 rings (SSSR count). The largest absolute Gasteiger partial charge is 0.376 e. The number of thiocarbonyl (C=S) groups is 1. The van der Waals surface area contributed by atoms with E-state index < -0.39 is 0 Å². The second kappa shape index (κ2) is 4.23. The van der Waals surface area contributed by atoms with Crippen molar-refractivity contribution < 1.29 is 0 Å². The maximum atomic E-state index is 5.36. The topological polar surface area (TPSA) is 81.7 Å². The average Bonchev–Trinajstić information content (AvgIpc) is 2.65. The van der Waals surface area contributed by atoms with Gasteiger partial charge < -0.3 is 11.1 Å². The Kier molecular flexibility index (Phi) is 2.78. The molecule has 0 unspecified atom stereocenters. The SMILES string of the molecule is Cn1nnc(-c2ccc(NC(N)=S)cc2)n1. The van der Waals surface area contributed by atoms with Crippen LogP contribution in [0.3, 0.4) is 0 Å². The number of nitrogens with zero attached hydrogens (tertiary/aromatic N) is 4. The van der Waals surface area contributed by atoms with Crippen LogP contribution in [0.25, 0.3) is 11.4 Å². The Morgan fingerprint density at radius 3 is 2.56 bits per heavy atom. The van der Waals surface area contributed by atoms with Gasteiger partial charge in [-0.3, -0.25) is 0 Å². The van der Waals surface area contributed by atoms with Crippen LogP contribution < -0.4 is 11.1 Å². The summed E-state index contributed by atoms with van der Waals surface area (Å²) in [5, 5.41) is 14.8. The smallest absolute Gasteiger partial charge is 0.204 e. The molecule has 0 fully saturated rings. The van der Waals surface area contributed by atoms with Crippen LogP contribution in [0.1, 0.15) is 0 Å². The molecule has 0 amide bonds. The Bertz CT molecular complexity index is 503. The number of aryl methyl sites for hydroxylation is 1. The van der Waals surface area contributed by atoms with Crippen LogP contribution in [0.2, 0.25) is 0 Å². The quantitative estimate of drug-likeness (QED) is 0.738. The first-order valence-electron chi connectivity index (χ1n) is 4.56. The molecule has 1 aromatic heterocycles. The van der Waals surface area contributed by atoms with Crippen LogP contribution in [0, 0.1) is 0 Å². The van der Waals surface area contributed by atoms with E-state index in [1.165, 1.54) is 4.80 Å². The molecule has 0 saturated heterocycles. The molecule has 0 atom stereocenters. The fraction of sp³-hybridized carbons (Fsp3) is 0.111. The van der Waals surface area contributed by atoms with E-state index >= 15 is 0 Å². The van der Waals surface area contributed by atoms with E-state index in [4.69, 9.17) is 18.0 Å². The van der Waals surface area contributed by atoms with Gasteiger partial charge in [-0.1, -0.05) is 0 Å². The third-order valence-corrected chi connectivity index (χ3v) is 2.02. The number of nitrogens with two attached hydrogens (primary N) is 1. The van der Waals surface area contributed by atoms with Crippen LogP contribution in [0.15, 0.2) is 24.3 Å². The lowest BCUT2D eigenvalue weighted by atomic mass is 10.2. The molecule has 16 heavy (non-hydrogen) atoms. The Balaban J connectivity index is 2.22. The summed E-state index contributed by atoms with van der Waals surface area (Å²) in [7, 11) is 1.72. The van der Waals surface area contributed by atoms with Gasteiger partial charge in [0.25, 0.3) is 0 Å². The molecule has 0 spiro atoms. The highest BCUT2D eigenvalue weighted by Crippen LogP contribution is 2.16. The van der Waals surface area contributed by atoms with E-state index in [0.29, 0.717) is 5.82 Å². The summed E-state index contributed by atoms with van der Waals surface area (Å²) < 4.78 is 0. The lowest BCUT2D eigenvalue weighted by Gasteiger charge is -2.03. The van der Waals surface area contributed by atoms with Crippen LogP contribution in [0.4, 0.5) is 5.69 Å². The molecule has 2 aromatic rings. The van der Waals surface area contributed by atoms with Gasteiger partial charge in [0.1, 0.15) is 0 Å². The molecule has 82 valence electrons. The normalized spacial score (nSPS) is 10.1. The zero-order chi connectivity index (χ0) is 11.5. The molecule has 0 aliphatic rings. The summed E-state index contributed by atoms with van der Waals surface area (Å²) in [5.41, 5.74) is 7.08. The summed E-state index contributed by atoms with van der Waals surface area (Å²) >= 11 is 4.74. The zero-order valence-electron chi connectivity index (χ0n) is 8.58. The van der Waals surface area contributed by atoms with E-state index in [1.54, 1.807) is 7.05 Å². The second-order valence-electron chi connectivity index (χ2n) is 3.17. The number of rotatable bonds is 2. The second-order valence-corrected chi connectivity index (χ2v) is 3.61. The van der Waals surface area contributed by atoms with Gasteiger partial charge in [0.15, 0.2) is 5.11 Å². The number of nitrogens with one attached hydrogen (secondary N) is 1. The van der Waals surface area contributed by atoms with Gasteiger partial charge in [0.05, 0.1) is 7.05 Å². The Hall–Kier alpha value is -2.02. The summed E-state index contributed by atoms with van der Waals surface area (Å²) in [4.78, 5) is 1.41. The van der Waals surface area contributed by atoms with Gasteiger partial charge in [-0.05, 0) is 41.7 Å². The van der Waals surface area contributed by atoms with Crippen molar-refractivity contribution in [3.63, 3.8) is 0 Å². The minimum Gasteiger partial charge on any atom is -0.376 e. The first-order valence-corrected chi connectivity index (χ1v) is 4.97. The zero-order valence-corrected chi connectivity index (χ0v) is 9.40. The van der Waals surface area contributed by atoms with Gasteiger partial charge in [-0.25, -0.2) is 0 Å². The molecule has 0 aliphatic carbocycles. The van der Waals surface area contributed by atoms with Crippen LogP contribution in [0.5, 0.6) is 0 Å². The molecule has 0 saturated carbocycles. The number of benzene rings is 1. The van der Waals surface area contributed by atoms with Crippen molar-refractivity contribution in [2.24, 2.45) is 12.8 Å². The Morgan fingerprint density at radius 1 is 1.38 bits per heavy atom. The van der Waals surface area contributed by atoms with Gasteiger partial charge >= 0.3 is 0 Å². The fourth-order valence-corrected chi connectivity index (χ4v) is 1.36. The first-order chi connectivity index (χ1) is 7.65. The fourth-order valence-electron chi connectivity index (χ4n) is 1.24. The summed E-state index contributed by atoms with van der Waals surface area (Å²) in [6, 6.07) is 7.45. The minimum absolute atomic E-state index is 0.241. The van der Waals surface area contributed by atoms with Crippen molar-refractivity contribution in [1.29, 1.82) is 0 Å². The number of tetrazole rings is 1. The maximum Gasteiger partial charge on any atom is 0.204 e. The lowest BCUT2D eigenvalue weighted by molar-refractivity contribution is 0.630. The molecule has 3 N–H and O–H groups in total. The van der Waals surface area contributed by atoms with E-state index in [0.717, 1.165) is 11.3 Å². The monoisotopic (exact) mass is 234 g/mol. The van der Waals surface area contributed by atoms with Gasteiger partial charge in [0, 0.05) is 11.3 Å². The van der Waals surface area contributed by atoms with Crippen molar-refractivity contribution in [3.8, 4) is 11.4 Å². The molecule has 0 aliphatic heterocycles.